The molecular formula is C15H18FNO2. The van der Waals surface area contributed by atoms with Gasteiger partial charge >= 0.3 is 0 Å². The minimum absolute atomic E-state index is 0.269. The molecule has 0 saturated heterocycles. The van der Waals surface area contributed by atoms with E-state index in [2.05, 4.69) is 12.2 Å². The molecule has 0 fully saturated rings. The zero-order valence-electron chi connectivity index (χ0n) is 11.0. The molecule has 4 heteroatoms. The van der Waals surface area contributed by atoms with Crippen molar-refractivity contribution in [2.45, 2.75) is 26.5 Å². The van der Waals surface area contributed by atoms with Gasteiger partial charge in [-0.15, -0.1) is 0 Å². The minimum Gasteiger partial charge on any atom is -0.486 e. The lowest BCUT2D eigenvalue weighted by Crippen LogP contribution is -2.14. The second kappa shape index (κ2) is 6.95. The largest absolute Gasteiger partial charge is 0.486 e. The van der Waals surface area contributed by atoms with Crippen molar-refractivity contribution in [3.05, 3.63) is 53.7 Å². The van der Waals surface area contributed by atoms with Gasteiger partial charge in [0.2, 0.25) is 0 Å². The molecule has 102 valence electrons. The zero-order chi connectivity index (χ0) is 13.5. The average Bonchev–Trinajstić information content (AvgIpc) is 2.86. The van der Waals surface area contributed by atoms with Crippen LogP contribution in [-0.2, 0) is 13.2 Å². The molecule has 1 heterocycles. The van der Waals surface area contributed by atoms with Crippen molar-refractivity contribution in [3.63, 3.8) is 0 Å². The predicted molar refractivity (Wildman–Crippen MR) is 71.4 cm³/mol. The normalized spacial score (nSPS) is 10.6. The number of nitrogens with one attached hydrogen (secondary N) is 1. The van der Waals surface area contributed by atoms with Crippen LogP contribution in [0.25, 0.3) is 0 Å². The van der Waals surface area contributed by atoms with E-state index in [4.69, 9.17) is 9.15 Å². The van der Waals surface area contributed by atoms with E-state index in [9.17, 15) is 4.39 Å². The Kier molecular flexibility index (Phi) is 4.98. The monoisotopic (exact) mass is 263 g/mol. The Labute approximate surface area is 112 Å². The Morgan fingerprint density at radius 1 is 1.21 bits per heavy atom. The van der Waals surface area contributed by atoms with Crippen LogP contribution in [0.5, 0.6) is 5.75 Å². The SMILES string of the molecule is CCCNCc1ccoc1COc1ccc(F)cc1. The summed E-state index contributed by atoms with van der Waals surface area (Å²) in [5.74, 6) is 1.16. The van der Waals surface area contributed by atoms with Gasteiger partial charge in [0, 0.05) is 12.1 Å². The fourth-order valence-electron chi connectivity index (χ4n) is 1.73. The van der Waals surface area contributed by atoms with Crippen LogP contribution in [0.4, 0.5) is 4.39 Å². The van der Waals surface area contributed by atoms with Crippen LogP contribution in [0, 0.1) is 5.82 Å². The third-order valence-electron chi connectivity index (χ3n) is 2.76. The van der Waals surface area contributed by atoms with Gasteiger partial charge in [0.25, 0.3) is 0 Å². The van der Waals surface area contributed by atoms with Crippen LogP contribution in [0.2, 0.25) is 0 Å². The van der Waals surface area contributed by atoms with Gasteiger partial charge in [0.1, 0.15) is 23.9 Å². The van der Waals surface area contributed by atoms with Gasteiger partial charge in [0.15, 0.2) is 0 Å². The van der Waals surface area contributed by atoms with Gasteiger partial charge in [-0.05, 0) is 43.3 Å². The molecule has 0 radical (unpaired) electrons. The third-order valence-corrected chi connectivity index (χ3v) is 2.76. The minimum atomic E-state index is -0.269. The summed E-state index contributed by atoms with van der Waals surface area (Å²) in [5.41, 5.74) is 1.09. The molecule has 0 aliphatic rings. The maximum Gasteiger partial charge on any atom is 0.146 e. The highest BCUT2D eigenvalue weighted by Gasteiger charge is 2.06. The van der Waals surface area contributed by atoms with Crippen molar-refractivity contribution in [2.75, 3.05) is 6.54 Å². The van der Waals surface area contributed by atoms with Crippen molar-refractivity contribution >= 4 is 0 Å². The van der Waals surface area contributed by atoms with Crippen molar-refractivity contribution < 1.29 is 13.5 Å². The average molecular weight is 263 g/mol. The zero-order valence-corrected chi connectivity index (χ0v) is 11.0. The number of rotatable bonds is 7. The smallest absolute Gasteiger partial charge is 0.146 e. The molecule has 19 heavy (non-hydrogen) atoms. The van der Waals surface area contributed by atoms with Gasteiger partial charge in [-0.2, -0.15) is 0 Å². The van der Waals surface area contributed by atoms with Crippen LogP contribution in [0.15, 0.2) is 41.0 Å². The number of halogens is 1. The topological polar surface area (TPSA) is 34.4 Å². The molecule has 1 aromatic heterocycles. The van der Waals surface area contributed by atoms with E-state index in [1.807, 2.05) is 6.07 Å². The molecule has 1 aromatic carbocycles. The number of hydrogen-bond acceptors (Lipinski definition) is 3. The van der Waals surface area contributed by atoms with E-state index >= 15 is 0 Å². The number of ether oxygens (including phenoxy) is 1. The molecule has 0 spiro atoms. The van der Waals surface area contributed by atoms with E-state index in [1.165, 1.54) is 12.1 Å². The first-order valence-corrected chi connectivity index (χ1v) is 6.44. The summed E-state index contributed by atoms with van der Waals surface area (Å²) >= 11 is 0. The van der Waals surface area contributed by atoms with E-state index in [1.54, 1.807) is 18.4 Å². The molecule has 0 aliphatic heterocycles. The Bertz CT molecular complexity index is 493. The number of hydrogen-bond donors (Lipinski definition) is 1. The van der Waals surface area contributed by atoms with Crippen LogP contribution in [0.1, 0.15) is 24.7 Å². The summed E-state index contributed by atoms with van der Waals surface area (Å²) in [4.78, 5) is 0. The van der Waals surface area contributed by atoms with E-state index in [0.29, 0.717) is 12.4 Å². The van der Waals surface area contributed by atoms with Crippen LogP contribution in [-0.4, -0.2) is 6.54 Å². The molecule has 0 saturated carbocycles. The highest BCUT2D eigenvalue weighted by atomic mass is 19.1. The summed E-state index contributed by atoms with van der Waals surface area (Å²) in [6.07, 6.45) is 2.76. The van der Waals surface area contributed by atoms with Crippen LogP contribution >= 0.6 is 0 Å². The summed E-state index contributed by atoms with van der Waals surface area (Å²) < 4.78 is 23.7. The van der Waals surface area contributed by atoms with Crippen molar-refractivity contribution in [2.24, 2.45) is 0 Å². The standard InChI is InChI=1S/C15H18FNO2/c1-2-8-17-10-12-7-9-18-15(12)11-19-14-5-3-13(16)4-6-14/h3-7,9,17H,2,8,10-11H2,1H3. The predicted octanol–water partition coefficient (Wildman–Crippen LogP) is 3.50. The van der Waals surface area contributed by atoms with E-state index in [-0.39, 0.29) is 5.82 Å². The van der Waals surface area contributed by atoms with Gasteiger partial charge in [0.05, 0.1) is 6.26 Å². The Morgan fingerprint density at radius 2 is 2.00 bits per heavy atom. The third kappa shape index (κ3) is 4.10. The Balaban J connectivity index is 1.88. The summed E-state index contributed by atoms with van der Waals surface area (Å²) in [6.45, 7) is 4.22. The second-order valence-electron chi connectivity index (χ2n) is 4.29. The number of benzene rings is 1. The van der Waals surface area contributed by atoms with Crippen molar-refractivity contribution in [1.29, 1.82) is 0 Å². The summed E-state index contributed by atoms with van der Waals surface area (Å²) in [7, 11) is 0. The van der Waals surface area contributed by atoms with Crippen molar-refractivity contribution in [1.82, 2.24) is 5.32 Å². The van der Waals surface area contributed by atoms with Gasteiger partial charge in [-0.25, -0.2) is 4.39 Å². The lowest BCUT2D eigenvalue weighted by atomic mass is 10.2. The maximum absolute atomic E-state index is 12.8. The molecule has 2 aromatic rings. The van der Waals surface area contributed by atoms with E-state index in [0.717, 1.165) is 30.8 Å². The van der Waals surface area contributed by atoms with Gasteiger partial charge in [-0.1, -0.05) is 6.92 Å². The Morgan fingerprint density at radius 3 is 2.74 bits per heavy atom. The quantitative estimate of drug-likeness (QED) is 0.776. The molecule has 0 bridgehead atoms. The molecular weight excluding hydrogens is 245 g/mol. The first-order valence-electron chi connectivity index (χ1n) is 6.44. The summed E-state index contributed by atoms with van der Waals surface area (Å²) in [6, 6.07) is 7.90. The molecule has 0 atom stereocenters. The van der Waals surface area contributed by atoms with Crippen LogP contribution in [0.3, 0.4) is 0 Å². The highest BCUT2D eigenvalue weighted by Crippen LogP contribution is 2.16. The first-order chi connectivity index (χ1) is 9.29. The van der Waals surface area contributed by atoms with Gasteiger partial charge < -0.3 is 14.5 Å². The molecule has 1 N–H and O–H groups in total. The second-order valence-corrected chi connectivity index (χ2v) is 4.29. The Hall–Kier alpha value is -1.81. The number of furan rings is 1. The molecule has 2 rings (SSSR count). The lowest BCUT2D eigenvalue weighted by molar-refractivity contribution is 0.268. The maximum atomic E-state index is 12.8. The van der Waals surface area contributed by atoms with Crippen molar-refractivity contribution in [3.8, 4) is 5.75 Å². The lowest BCUT2D eigenvalue weighted by Gasteiger charge is -2.07. The highest BCUT2D eigenvalue weighted by molar-refractivity contribution is 5.23. The molecule has 0 unspecified atom stereocenters. The van der Waals surface area contributed by atoms with E-state index < -0.39 is 0 Å². The van der Waals surface area contributed by atoms with Gasteiger partial charge in [-0.3, -0.25) is 0 Å². The summed E-state index contributed by atoms with van der Waals surface area (Å²) in [5, 5.41) is 3.32. The fourth-order valence-corrected chi connectivity index (χ4v) is 1.73. The molecule has 3 nitrogen and oxygen atoms in total. The molecule has 0 amide bonds. The molecule has 0 aliphatic carbocycles. The van der Waals surface area contributed by atoms with Crippen LogP contribution < -0.4 is 10.1 Å². The first kappa shape index (κ1) is 13.6. The fraction of sp³-hybridized carbons (Fsp3) is 0.333.